The lowest BCUT2D eigenvalue weighted by atomic mass is 10.0. The zero-order valence-electron chi connectivity index (χ0n) is 23.3. The van der Waals surface area contributed by atoms with Gasteiger partial charge in [-0.2, -0.15) is 0 Å². The topological polar surface area (TPSA) is 99.3 Å². The maximum absolute atomic E-state index is 14.1. The largest absolute Gasteiger partial charge is 0.445 e. The van der Waals surface area contributed by atoms with Crippen LogP contribution in [-0.4, -0.2) is 45.5 Å². The average molecular weight is 542 g/mol. The quantitative estimate of drug-likeness (QED) is 0.288. The van der Waals surface area contributed by atoms with Crippen LogP contribution >= 0.6 is 0 Å². The fourth-order valence-electron chi connectivity index (χ4n) is 4.64. The molecule has 2 aromatic carbocycles. The van der Waals surface area contributed by atoms with Crippen LogP contribution in [0.4, 0.5) is 9.18 Å². The summed E-state index contributed by atoms with van der Waals surface area (Å²) < 4.78 is 19.5. The molecule has 214 valence electrons. The Morgan fingerprint density at radius 1 is 1.18 bits per heavy atom. The van der Waals surface area contributed by atoms with E-state index in [4.69, 9.17) is 4.74 Å². The number of rotatable bonds is 9. The van der Waals surface area contributed by atoms with E-state index in [2.05, 4.69) is 39.0 Å². The molecule has 0 saturated carbocycles. The van der Waals surface area contributed by atoms with Crippen molar-refractivity contribution in [2.45, 2.75) is 78.1 Å². The van der Waals surface area contributed by atoms with Crippen LogP contribution in [0.1, 0.15) is 73.7 Å². The number of aromatic amines is 1. The number of nitrogens with one attached hydrogen (secondary N) is 3. The normalized spacial score (nSPS) is 16.4. The number of carbonyl (C=O) groups excluding carboxylic acids is 2. The summed E-state index contributed by atoms with van der Waals surface area (Å²) in [5.41, 5.74) is 2.39. The molecule has 3 atom stereocenters. The molecule has 2 heterocycles. The molecule has 2 amide bonds. The Labute approximate surface area is 233 Å². The molecule has 1 fully saturated rings. The average Bonchev–Trinajstić information content (AvgIpc) is 3.39. The minimum Gasteiger partial charge on any atom is -0.445 e. The Kier molecular flexibility index (Phi) is 10.9. The molecular weight excluding hydrogens is 497 g/mol. The third-order valence-corrected chi connectivity index (χ3v) is 6.72. The number of halogens is 1. The van der Waals surface area contributed by atoms with Crippen LogP contribution in [0.3, 0.4) is 0 Å². The van der Waals surface area contributed by atoms with Crippen LogP contribution in [0.5, 0.6) is 0 Å². The van der Waals surface area contributed by atoms with Gasteiger partial charge in [-0.25, -0.2) is 14.2 Å². The lowest BCUT2D eigenvalue weighted by Gasteiger charge is -2.37. The highest BCUT2D eigenvalue weighted by Crippen LogP contribution is 2.23. The number of para-hydroxylation sites is 1. The van der Waals surface area contributed by atoms with E-state index in [9.17, 15) is 14.0 Å². The molecule has 1 aliphatic rings. The lowest BCUT2D eigenvalue weighted by Crippen LogP contribution is -2.49. The van der Waals surface area contributed by atoms with Gasteiger partial charge in [-0.05, 0) is 50.8 Å². The number of ether oxygens (including phenoxy) is 1. The van der Waals surface area contributed by atoms with E-state index >= 15 is 0 Å². The van der Waals surface area contributed by atoms with Gasteiger partial charge in [-0.15, -0.1) is 0 Å². The van der Waals surface area contributed by atoms with Gasteiger partial charge in [0, 0.05) is 27.6 Å². The van der Waals surface area contributed by atoms with Crippen LogP contribution in [0.15, 0.2) is 60.8 Å². The molecule has 39 heavy (non-hydrogen) atoms. The molecule has 1 aliphatic heterocycles. The van der Waals surface area contributed by atoms with Gasteiger partial charge >= 0.3 is 6.09 Å². The van der Waals surface area contributed by atoms with Gasteiger partial charge in [0.2, 0.25) is 5.91 Å². The number of fused-ring (bicyclic) bond motifs is 1. The summed E-state index contributed by atoms with van der Waals surface area (Å²) in [4.78, 5) is 35.6. The number of aromatic nitrogens is 2. The minimum absolute atomic E-state index is 0. The highest BCUT2D eigenvalue weighted by atomic mass is 19.1. The Balaban J connectivity index is 0.00000206. The van der Waals surface area contributed by atoms with E-state index in [1.807, 2.05) is 44.2 Å². The third-order valence-electron chi connectivity index (χ3n) is 6.72. The minimum atomic E-state index is -0.909. The van der Waals surface area contributed by atoms with Crippen LogP contribution in [0, 0.1) is 5.82 Å². The van der Waals surface area contributed by atoms with E-state index in [-0.39, 0.29) is 21.4 Å². The highest BCUT2D eigenvalue weighted by molar-refractivity contribution is 5.86. The smallest absolute Gasteiger partial charge is 0.408 e. The monoisotopic (exact) mass is 541 g/mol. The molecule has 3 N–H and O–H groups in total. The van der Waals surface area contributed by atoms with Crippen molar-refractivity contribution in [3.05, 3.63) is 78.0 Å². The SMILES string of the molecule is C=C(C[C@H](NC(=O)OCc1ccccc1)C(=O)N[C@@H](C)c1nc2c(F)cccc2[nH]1)N1CCCC[C@@H]1C.CC.[HH].[HH]. The number of benzene rings is 2. The summed E-state index contributed by atoms with van der Waals surface area (Å²) >= 11 is 0. The lowest BCUT2D eigenvalue weighted by molar-refractivity contribution is -0.123. The highest BCUT2D eigenvalue weighted by Gasteiger charge is 2.28. The van der Waals surface area contributed by atoms with Crippen LogP contribution in [-0.2, 0) is 16.1 Å². The molecule has 1 saturated heterocycles. The molecule has 4 rings (SSSR count). The predicted molar refractivity (Wildman–Crippen MR) is 156 cm³/mol. The van der Waals surface area contributed by atoms with Crippen molar-refractivity contribution < 1.29 is 21.6 Å². The molecular formula is C30H44FN5O3. The number of amides is 2. The molecule has 0 bridgehead atoms. The van der Waals surface area contributed by atoms with Crippen molar-refractivity contribution in [2.24, 2.45) is 0 Å². The summed E-state index contributed by atoms with van der Waals surface area (Å²) in [6.45, 7) is 13.1. The van der Waals surface area contributed by atoms with Crippen LogP contribution in [0.25, 0.3) is 11.0 Å². The van der Waals surface area contributed by atoms with Crippen molar-refractivity contribution in [3.8, 4) is 0 Å². The second-order valence-corrected chi connectivity index (χ2v) is 9.56. The first kappa shape index (κ1) is 29.7. The molecule has 8 nitrogen and oxygen atoms in total. The van der Waals surface area contributed by atoms with E-state index < -0.39 is 29.9 Å². The summed E-state index contributed by atoms with van der Waals surface area (Å²) in [5.74, 6) is -0.426. The number of alkyl carbamates (subject to hydrolysis) is 1. The van der Waals surface area contributed by atoms with Crippen LogP contribution < -0.4 is 10.6 Å². The molecule has 3 aromatic rings. The second-order valence-electron chi connectivity index (χ2n) is 9.56. The number of hydrogen-bond acceptors (Lipinski definition) is 5. The van der Waals surface area contributed by atoms with Gasteiger partial charge in [0.25, 0.3) is 0 Å². The van der Waals surface area contributed by atoms with Crippen molar-refractivity contribution in [1.29, 1.82) is 0 Å². The van der Waals surface area contributed by atoms with Gasteiger partial charge in [-0.3, -0.25) is 4.79 Å². The van der Waals surface area contributed by atoms with Crippen molar-refractivity contribution in [3.63, 3.8) is 0 Å². The van der Waals surface area contributed by atoms with E-state index in [0.717, 1.165) is 37.1 Å². The number of carbonyl (C=O) groups is 2. The molecule has 1 aromatic heterocycles. The summed E-state index contributed by atoms with van der Waals surface area (Å²) in [6, 6.07) is 12.8. The van der Waals surface area contributed by atoms with Crippen molar-refractivity contribution in [1.82, 2.24) is 25.5 Å². The zero-order valence-corrected chi connectivity index (χ0v) is 23.3. The standard InChI is InChI=1S/C28H34FN5O3.C2H6.2H2/c1-18-10-7-8-15-34(18)19(2)16-24(32-28(36)37-17-21-11-5-4-6-12-21)27(35)30-20(3)26-31-23-14-9-13-22(29)25(23)33-26;1-2;;/h4-6,9,11-14,18,20,24H,2,7-8,10,15-17H2,1,3H3,(H,30,35)(H,31,33)(H,32,36);1-2H3;2*1H/t18-,20-,24-;;;/m0.../s1. The summed E-state index contributed by atoms with van der Waals surface area (Å²) in [5, 5.41) is 5.60. The van der Waals surface area contributed by atoms with Crippen LogP contribution in [0.2, 0.25) is 0 Å². The summed E-state index contributed by atoms with van der Waals surface area (Å²) in [6.07, 6.45) is 2.82. The molecule has 9 heteroatoms. The molecule has 0 aliphatic carbocycles. The predicted octanol–water partition coefficient (Wildman–Crippen LogP) is 6.47. The van der Waals surface area contributed by atoms with Gasteiger partial charge in [0.1, 0.15) is 24.0 Å². The first-order chi connectivity index (χ1) is 18.8. The van der Waals surface area contributed by atoms with E-state index in [1.165, 1.54) is 6.07 Å². The Hall–Kier alpha value is -3.88. The fourth-order valence-corrected chi connectivity index (χ4v) is 4.64. The maximum Gasteiger partial charge on any atom is 0.408 e. The van der Waals surface area contributed by atoms with E-state index in [1.54, 1.807) is 19.1 Å². The van der Waals surface area contributed by atoms with Gasteiger partial charge in [0.15, 0.2) is 5.82 Å². The number of H-pyrrole nitrogens is 1. The van der Waals surface area contributed by atoms with Gasteiger partial charge in [0.05, 0.1) is 11.6 Å². The van der Waals surface area contributed by atoms with Crippen molar-refractivity contribution >= 4 is 23.0 Å². The number of nitrogens with zero attached hydrogens (tertiary/aromatic N) is 2. The number of imidazole rings is 1. The Morgan fingerprint density at radius 3 is 2.62 bits per heavy atom. The summed E-state index contributed by atoms with van der Waals surface area (Å²) in [7, 11) is 0. The second kappa shape index (κ2) is 14.3. The molecule has 0 unspecified atom stereocenters. The Bertz CT molecular complexity index is 1260. The van der Waals surface area contributed by atoms with Crippen molar-refractivity contribution in [2.75, 3.05) is 6.54 Å². The van der Waals surface area contributed by atoms with Gasteiger partial charge < -0.3 is 25.3 Å². The number of piperidine rings is 1. The fraction of sp³-hybridized carbons (Fsp3) is 0.433. The Morgan fingerprint density at radius 2 is 1.92 bits per heavy atom. The number of likely N-dealkylation sites (tertiary alicyclic amines) is 1. The zero-order chi connectivity index (χ0) is 28.4. The van der Waals surface area contributed by atoms with Gasteiger partial charge in [-0.1, -0.05) is 56.8 Å². The first-order valence-electron chi connectivity index (χ1n) is 13.7. The third kappa shape index (κ3) is 8.05. The maximum atomic E-state index is 14.1. The molecule has 0 spiro atoms. The number of hydrogen-bond donors (Lipinski definition) is 3. The molecule has 0 radical (unpaired) electrons. The first-order valence-corrected chi connectivity index (χ1v) is 13.7. The van der Waals surface area contributed by atoms with E-state index in [0.29, 0.717) is 17.4 Å².